The normalized spacial score (nSPS) is 3.33. The van der Waals surface area contributed by atoms with Gasteiger partial charge >= 0.3 is 161 Å². The van der Waals surface area contributed by atoms with E-state index in [2.05, 4.69) is 0 Å². The van der Waals surface area contributed by atoms with E-state index in [9.17, 15) is 0 Å². The minimum Gasteiger partial charge on any atom is -1.00 e. The molecule has 0 aromatic rings. The van der Waals surface area contributed by atoms with E-state index in [4.69, 9.17) is 19.8 Å². The smallest absolute Gasteiger partial charge is 1.00 e. The number of hydrogen-bond donors (Lipinski definition) is 2. The minimum atomic E-state index is -0.833. The molecule has 0 bridgehead atoms. The molecular weight excluding hydrogens is 316 g/mol. The molecule has 0 aliphatic carbocycles. The minimum absolute atomic E-state index is 0. The fraction of sp³-hybridized carbons (Fsp3) is 0.500. The van der Waals surface area contributed by atoms with E-state index < -0.39 is 11.9 Å². The Balaban J connectivity index is -0.00000000143. The van der Waals surface area contributed by atoms with Crippen molar-refractivity contribution < 1.29 is 130 Å². The molecular formula is C4H17CaCl2KLiMgNaO4. The zero-order valence-corrected chi connectivity index (χ0v) is 20.3. The summed E-state index contributed by atoms with van der Waals surface area (Å²) in [5, 5.41) is 14.8. The SMILES string of the molecule is CC(=O)O.CC(=O)O.Cl.Cl.[Ca+2].[H-].[H-].[H-].[H-].[H-].[H-].[H-].[K+].[Li+].[Mg+2].[Na+]. The van der Waals surface area contributed by atoms with Gasteiger partial charge in [0.2, 0.25) is 0 Å². The molecule has 0 unspecified atom stereocenters. The zero-order chi connectivity index (χ0) is 7.15. The average Bonchev–Trinajstić information content (AvgIpc) is 1.25. The summed E-state index contributed by atoms with van der Waals surface area (Å²) in [5.41, 5.74) is 0. The van der Waals surface area contributed by atoms with Gasteiger partial charge in [0.15, 0.2) is 0 Å². The molecule has 0 atom stereocenters. The van der Waals surface area contributed by atoms with Gasteiger partial charge < -0.3 is 20.2 Å². The fourth-order valence-corrected chi connectivity index (χ4v) is 0. The van der Waals surface area contributed by atoms with Crippen LogP contribution in [0.5, 0.6) is 0 Å². The molecule has 0 aliphatic heterocycles. The topological polar surface area (TPSA) is 74.6 Å². The quantitative estimate of drug-likeness (QED) is 0.432. The van der Waals surface area contributed by atoms with Gasteiger partial charge in [-0.25, -0.2) is 0 Å². The van der Waals surface area contributed by atoms with E-state index >= 15 is 0 Å². The van der Waals surface area contributed by atoms with Crippen LogP contribution < -0.4 is 99.8 Å². The first kappa shape index (κ1) is 60.0. The molecule has 0 heterocycles. The standard InChI is InChI=1S/2C2H4O2.Ca.2ClH.K.Li.Mg.Na.7H/c2*1-2(3)4;;;;;;;;;;;;;;/h2*1H3,(H,3,4);;2*1H;;;;;;;;;;;/q;;+2;;;2*+1;+2;+1;7*-1. The first-order chi connectivity index (χ1) is 3.46. The van der Waals surface area contributed by atoms with Crippen LogP contribution in [0.4, 0.5) is 0 Å². The number of rotatable bonds is 0. The molecule has 15 heavy (non-hydrogen) atoms. The molecule has 0 saturated heterocycles. The molecule has 0 radical (unpaired) electrons. The van der Waals surface area contributed by atoms with Crippen LogP contribution in [0.2, 0.25) is 0 Å². The molecule has 0 fully saturated rings. The summed E-state index contributed by atoms with van der Waals surface area (Å²) in [5.74, 6) is -1.67. The monoisotopic (exact) mass is 332 g/mol. The van der Waals surface area contributed by atoms with Crippen molar-refractivity contribution in [3.05, 3.63) is 0 Å². The van der Waals surface area contributed by atoms with Gasteiger partial charge in [-0.1, -0.05) is 0 Å². The van der Waals surface area contributed by atoms with Crippen molar-refractivity contribution in [1.82, 2.24) is 0 Å². The predicted octanol–water partition coefficient (Wildman–Crippen LogP) is -7.94. The Hall–Kier alpha value is 4.78. The molecule has 0 aromatic carbocycles. The Morgan fingerprint density at radius 3 is 1.00 bits per heavy atom. The van der Waals surface area contributed by atoms with Crippen molar-refractivity contribution in [3.8, 4) is 0 Å². The van der Waals surface area contributed by atoms with Crippen molar-refractivity contribution in [3.63, 3.8) is 0 Å². The van der Waals surface area contributed by atoms with Gasteiger partial charge in [0, 0.05) is 13.8 Å². The summed E-state index contributed by atoms with van der Waals surface area (Å²) >= 11 is 0. The third kappa shape index (κ3) is 231. The molecule has 0 saturated carbocycles. The second kappa shape index (κ2) is 51.1. The van der Waals surface area contributed by atoms with Crippen LogP contribution in [0.3, 0.4) is 0 Å². The summed E-state index contributed by atoms with van der Waals surface area (Å²) in [6.45, 7) is 2.17. The maximum Gasteiger partial charge on any atom is 2.00 e. The predicted molar refractivity (Wildman–Crippen MR) is 60.4 cm³/mol. The van der Waals surface area contributed by atoms with Crippen molar-refractivity contribution in [2.45, 2.75) is 13.8 Å². The average molecular weight is 333 g/mol. The summed E-state index contributed by atoms with van der Waals surface area (Å²) in [4.78, 5) is 18.0. The third-order valence-electron chi connectivity index (χ3n) is 0. The summed E-state index contributed by atoms with van der Waals surface area (Å²) in [7, 11) is 0. The number of hydrogen-bond acceptors (Lipinski definition) is 2. The molecule has 0 aromatic heterocycles. The Kier molecular flexibility index (Phi) is 204. The Bertz CT molecular complexity index is 118. The van der Waals surface area contributed by atoms with Crippen LogP contribution in [0.1, 0.15) is 23.8 Å². The van der Waals surface area contributed by atoms with E-state index in [1.54, 1.807) is 0 Å². The number of carboxylic acids is 2. The second-order valence-corrected chi connectivity index (χ2v) is 1.04. The Morgan fingerprint density at radius 1 is 1.00 bits per heavy atom. The van der Waals surface area contributed by atoms with Gasteiger partial charge in [-0.3, -0.25) is 9.59 Å². The van der Waals surface area contributed by atoms with Gasteiger partial charge in [0.25, 0.3) is 11.9 Å². The molecule has 0 spiro atoms. The van der Waals surface area contributed by atoms with Crippen LogP contribution in [0.15, 0.2) is 0 Å². The maximum absolute atomic E-state index is 9.00. The fourth-order valence-electron chi connectivity index (χ4n) is 0. The molecule has 2 N–H and O–H groups in total. The molecule has 11 heteroatoms. The molecule has 4 nitrogen and oxygen atoms in total. The van der Waals surface area contributed by atoms with Crippen LogP contribution >= 0.6 is 24.8 Å². The molecule has 0 aliphatic rings. The second-order valence-electron chi connectivity index (χ2n) is 1.04. The van der Waals surface area contributed by atoms with E-state index in [1.165, 1.54) is 0 Å². The Morgan fingerprint density at radius 2 is 1.00 bits per heavy atom. The van der Waals surface area contributed by atoms with Gasteiger partial charge in [0.1, 0.15) is 0 Å². The van der Waals surface area contributed by atoms with Crippen LogP contribution in [-0.2, 0) is 9.59 Å². The summed E-state index contributed by atoms with van der Waals surface area (Å²) in [6.07, 6.45) is 0. The summed E-state index contributed by atoms with van der Waals surface area (Å²) in [6, 6.07) is 0. The Labute approximate surface area is 235 Å². The van der Waals surface area contributed by atoms with Crippen molar-refractivity contribution in [2.24, 2.45) is 0 Å². The first-order valence-electron chi connectivity index (χ1n) is 1.86. The number of aliphatic carboxylic acids is 2. The first-order valence-corrected chi connectivity index (χ1v) is 1.86. The van der Waals surface area contributed by atoms with Crippen molar-refractivity contribution in [1.29, 1.82) is 0 Å². The largest absolute Gasteiger partial charge is 2.00 e. The third-order valence-corrected chi connectivity index (χ3v) is 0. The maximum atomic E-state index is 9.00. The summed E-state index contributed by atoms with van der Waals surface area (Å²) < 4.78 is 0. The van der Waals surface area contributed by atoms with E-state index in [-0.39, 0.29) is 195 Å². The van der Waals surface area contributed by atoms with Crippen molar-refractivity contribution in [2.75, 3.05) is 0 Å². The number of halogens is 2. The van der Waals surface area contributed by atoms with Gasteiger partial charge in [0.05, 0.1) is 0 Å². The van der Waals surface area contributed by atoms with Gasteiger partial charge in [-0.05, 0) is 0 Å². The number of carboxylic acid groups (broad SMARTS) is 2. The van der Waals surface area contributed by atoms with Crippen LogP contribution in [0, 0.1) is 0 Å². The molecule has 0 rings (SSSR count). The zero-order valence-electron chi connectivity index (χ0n) is 16.9. The van der Waals surface area contributed by atoms with Crippen LogP contribution in [0.25, 0.3) is 0 Å². The van der Waals surface area contributed by atoms with E-state index in [0.717, 1.165) is 13.8 Å². The van der Waals surface area contributed by atoms with E-state index in [1.807, 2.05) is 0 Å². The van der Waals surface area contributed by atoms with Gasteiger partial charge in [-0.2, -0.15) is 0 Å². The van der Waals surface area contributed by atoms with E-state index in [0.29, 0.717) is 0 Å². The van der Waals surface area contributed by atoms with Crippen LogP contribution in [-0.4, -0.2) is 82.9 Å². The van der Waals surface area contributed by atoms with Gasteiger partial charge in [-0.15, -0.1) is 24.8 Å². The van der Waals surface area contributed by atoms with Crippen molar-refractivity contribution >= 4 is 97.5 Å². The molecule has 78 valence electrons. The number of carbonyl (C=O) groups is 2. The molecule has 0 amide bonds.